The third-order valence-electron chi connectivity index (χ3n) is 7.51. The van der Waals surface area contributed by atoms with Crippen molar-refractivity contribution in [2.45, 2.75) is 57.7 Å². The van der Waals surface area contributed by atoms with Crippen LogP contribution in [0.3, 0.4) is 0 Å². The first-order valence-electron chi connectivity index (χ1n) is 13.3. The van der Waals surface area contributed by atoms with Gasteiger partial charge in [0.2, 0.25) is 0 Å². The highest BCUT2D eigenvalue weighted by Gasteiger charge is 2.38. The van der Waals surface area contributed by atoms with Crippen molar-refractivity contribution >= 4 is 17.8 Å². The zero-order valence-corrected chi connectivity index (χ0v) is 23.0. The molecule has 0 aromatic heterocycles. The third-order valence-corrected chi connectivity index (χ3v) is 7.51. The number of aliphatic hydroxyl groups is 1. The Kier molecular flexibility index (Phi) is 8.40. The van der Waals surface area contributed by atoms with E-state index in [1.807, 2.05) is 26.8 Å². The number of alkyl halides is 3. The molecule has 0 bridgehead atoms. The van der Waals surface area contributed by atoms with E-state index in [4.69, 9.17) is 0 Å². The molecule has 0 saturated carbocycles. The summed E-state index contributed by atoms with van der Waals surface area (Å²) in [6.07, 6.45) is -5.22. The second-order valence-electron chi connectivity index (χ2n) is 11.4. The summed E-state index contributed by atoms with van der Waals surface area (Å²) in [6.45, 7) is 5.87. The number of carboxylic acids is 1. The molecule has 0 spiro atoms. The first-order chi connectivity index (χ1) is 19.2. The van der Waals surface area contributed by atoms with Crippen molar-refractivity contribution in [3.05, 3.63) is 94.5 Å². The number of carboxylic acid groups (broad SMARTS) is 1. The summed E-state index contributed by atoms with van der Waals surface area (Å²) in [4.78, 5) is 38.9. The number of aryl methyl sites for hydroxylation is 1. The van der Waals surface area contributed by atoms with Crippen LogP contribution in [0.15, 0.2) is 66.7 Å². The predicted molar refractivity (Wildman–Crippen MR) is 147 cm³/mol. The van der Waals surface area contributed by atoms with Crippen LogP contribution < -0.4 is 0 Å². The summed E-state index contributed by atoms with van der Waals surface area (Å²) < 4.78 is 38.4. The Labute approximate surface area is 236 Å². The molecule has 2 amide bonds. The first kappa shape index (κ1) is 30.0. The van der Waals surface area contributed by atoms with E-state index in [-0.39, 0.29) is 30.4 Å². The predicted octanol–water partition coefficient (Wildman–Crippen LogP) is 6.35. The monoisotopic (exact) mass is 567 g/mol. The number of hydrogen-bond acceptors (Lipinski definition) is 4. The zero-order chi connectivity index (χ0) is 30.1. The quantitative estimate of drug-likeness (QED) is 0.294. The third kappa shape index (κ3) is 6.68. The van der Waals surface area contributed by atoms with Crippen LogP contribution in [0.25, 0.3) is 11.1 Å². The van der Waals surface area contributed by atoms with Gasteiger partial charge in [-0.05, 0) is 71.2 Å². The highest BCUT2D eigenvalue weighted by atomic mass is 19.4. The molecule has 6 nitrogen and oxygen atoms in total. The van der Waals surface area contributed by atoms with E-state index in [0.717, 1.165) is 33.7 Å². The van der Waals surface area contributed by atoms with Gasteiger partial charge in [0.05, 0.1) is 28.7 Å². The number of aliphatic carboxylic acids is 1. The smallest absolute Gasteiger partial charge is 0.416 e. The number of hydrogen-bond donors (Lipinski definition) is 2. The fourth-order valence-electron chi connectivity index (χ4n) is 4.94. The molecule has 3 aromatic rings. The summed E-state index contributed by atoms with van der Waals surface area (Å²) >= 11 is 0. The van der Waals surface area contributed by atoms with Crippen molar-refractivity contribution in [1.82, 2.24) is 4.90 Å². The van der Waals surface area contributed by atoms with Gasteiger partial charge >= 0.3 is 12.1 Å². The molecule has 0 aliphatic carbocycles. The highest BCUT2D eigenvalue weighted by molar-refractivity contribution is 6.21. The summed E-state index contributed by atoms with van der Waals surface area (Å²) in [5, 5.41) is 20.5. The Hall–Kier alpha value is -3.98. The van der Waals surface area contributed by atoms with Crippen LogP contribution in [0.4, 0.5) is 13.2 Å². The molecule has 0 fully saturated rings. The number of aliphatic hydroxyl groups excluding tert-OH is 1. The van der Waals surface area contributed by atoms with Crippen molar-refractivity contribution in [2.24, 2.45) is 5.92 Å². The Morgan fingerprint density at radius 2 is 1.34 bits per heavy atom. The Morgan fingerprint density at radius 1 is 0.805 bits per heavy atom. The van der Waals surface area contributed by atoms with E-state index in [9.17, 15) is 37.8 Å². The van der Waals surface area contributed by atoms with Crippen molar-refractivity contribution in [1.29, 1.82) is 0 Å². The molecule has 0 unspecified atom stereocenters. The first-order valence-corrected chi connectivity index (χ1v) is 13.3. The maximum atomic E-state index is 13.0. The topological polar surface area (TPSA) is 94.9 Å². The normalized spacial score (nSPS) is 15.1. The van der Waals surface area contributed by atoms with E-state index < -0.39 is 41.5 Å². The van der Waals surface area contributed by atoms with Gasteiger partial charge in [-0.15, -0.1) is 0 Å². The molecule has 3 aromatic carbocycles. The van der Waals surface area contributed by atoms with Crippen LogP contribution in [-0.4, -0.2) is 45.5 Å². The van der Waals surface area contributed by atoms with E-state index in [0.29, 0.717) is 17.5 Å². The summed E-state index contributed by atoms with van der Waals surface area (Å²) in [6, 6.07) is 17.1. The van der Waals surface area contributed by atoms with E-state index in [1.165, 1.54) is 12.1 Å². The van der Waals surface area contributed by atoms with Gasteiger partial charge in [-0.3, -0.25) is 19.3 Å². The molecule has 2 N–H and O–H groups in total. The lowest BCUT2D eigenvalue weighted by atomic mass is 9.85. The molecule has 216 valence electrons. The number of imide groups is 1. The van der Waals surface area contributed by atoms with Crippen LogP contribution in [-0.2, 0) is 22.8 Å². The number of amides is 2. The molecule has 0 radical (unpaired) electrons. The molecule has 0 saturated heterocycles. The van der Waals surface area contributed by atoms with Crippen molar-refractivity contribution in [2.75, 3.05) is 6.54 Å². The van der Waals surface area contributed by atoms with Crippen molar-refractivity contribution in [3.63, 3.8) is 0 Å². The standard InChI is InChI=1S/C32H32F3NO5/c1-31(2,3)23-13-14-24-26(18-23)29(39)36(28(24)38)17-16-25(30(40)41)27(37)15-6-19-4-7-20(8-5-19)21-9-11-22(12-10-21)32(33,34)35/h4-5,7-14,18,25,27,37H,6,15-17H2,1-3H3,(H,40,41)/t25-,27+/m1/s1. The van der Waals surface area contributed by atoms with Crippen LogP contribution in [0.2, 0.25) is 0 Å². The van der Waals surface area contributed by atoms with Gasteiger partial charge in [-0.2, -0.15) is 13.2 Å². The number of carbonyl (C=O) groups is 3. The zero-order valence-electron chi connectivity index (χ0n) is 23.0. The average molecular weight is 568 g/mol. The SMILES string of the molecule is CC(C)(C)c1ccc2c(c1)C(=O)N(CC[C@@H](C(=O)O)[C@@H](O)CCc1ccc(-c3ccc(C(F)(F)F)cc3)cc1)C2=O. The van der Waals surface area contributed by atoms with Gasteiger partial charge < -0.3 is 10.2 Å². The fourth-order valence-corrected chi connectivity index (χ4v) is 4.94. The Bertz CT molecular complexity index is 1440. The number of fused-ring (bicyclic) bond motifs is 1. The minimum absolute atomic E-state index is 0.0963. The lowest BCUT2D eigenvalue weighted by Gasteiger charge is -2.22. The molecule has 1 heterocycles. The van der Waals surface area contributed by atoms with Gasteiger partial charge in [0.1, 0.15) is 0 Å². The Morgan fingerprint density at radius 3 is 1.88 bits per heavy atom. The second kappa shape index (κ2) is 11.5. The molecular formula is C32H32F3NO5. The number of benzene rings is 3. The number of carbonyl (C=O) groups excluding carboxylic acids is 2. The van der Waals surface area contributed by atoms with Crippen LogP contribution in [0, 0.1) is 5.92 Å². The number of halogens is 3. The lowest BCUT2D eigenvalue weighted by Crippen LogP contribution is -2.36. The van der Waals surface area contributed by atoms with Crippen LogP contribution >= 0.6 is 0 Å². The molecule has 4 rings (SSSR count). The Balaban J connectivity index is 1.35. The maximum absolute atomic E-state index is 13.0. The van der Waals surface area contributed by atoms with Crippen LogP contribution in [0.5, 0.6) is 0 Å². The van der Waals surface area contributed by atoms with E-state index in [1.54, 1.807) is 36.4 Å². The van der Waals surface area contributed by atoms with E-state index >= 15 is 0 Å². The fraction of sp³-hybridized carbons (Fsp3) is 0.344. The summed E-state index contributed by atoms with van der Waals surface area (Å²) in [7, 11) is 0. The minimum atomic E-state index is -4.41. The van der Waals surface area contributed by atoms with Gasteiger partial charge in [0.15, 0.2) is 0 Å². The molecule has 9 heteroatoms. The van der Waals surface area contributed by atoms with Gasteiger partial charge in [-0.1, -0.05) is 63.2 Å². The average Bonchev–Trinajstić information content (AvgIpc) is 3.15. The molecule has 2 atom stereocenters. The molecular weight excluding hydrogens is 535 g/mol. The highest BCUT2D eigenvalue weighted by Crippen LogP contribution is 2.32. The number of rotatable bonds is 9. The number of nitrogens with zero attached hydrogens (tertiary/aromatic N) is 1. The minimum Gasteiger partial charge on any atom is -0.481 e. The van der Waals surface area contributed by atoms with Gasteiger partial charge in [0, 0.05) is 6.54 Å². The van der Waals surface area contributed by atoms with E-state index in [2.05, 4.69) is 0 Å². The molecule has 1 aliphatic rings. The lowest BCUT2D eigenvalue weighted by molar-refractivity contribution is -0.146. The van der Waals surface area contributed by atoms with Crippen molar-refractivity contribution < 1.29 is 37.8 Å². The second-order valence-corrected chi connectivity index (χ2v) is 11.4. The van der Waals surface area contributed by atoms with Crippen LogP contribution in [0.1, 0.15) is 71.0 Å². The molecule has 1 aliphatic heterocycles. The largest absolute Gasteiger partial charge is 0.481 e. The molecule has 41 heavy (non-hydrogen) atoms. The van der Waals surface area contributed by atoms with Gasteiger partial charge in [-0.25, -0.2) is 0 Å². The summed E-state index contributed by atoms with van der Waals surface area (Å²) in [5.41, 5.74) is 2.72. The maximum Gasteiger partial charge on any atom is 0.416 e. The van der Waals surface area contributed by atoms with Gasteiger partial charge in [0.25, 0.3) is 11.8 Å². The summed E-state index contributed by atoms with van der Waals surface area (Å²) in [5.74, 6) is -3.35. The van der Waals surface area contributed by atoms with Crippen molar-refractivity contribution in [3.8, 4) is 11.1 Å².